The van der Waals surface area contributed by atoms with E-state index in [1.807, 2.05) is 24.3 Å². The minimum atomic E-state index is 0.287. The Balaban J connectivity index is 2.21. The van der Waals surface area contributed by atoms with Gasteiger partial charge in [-0.25, -0.2) is 0 Å². The van der Waals surface area contributed by atoms with Crippen LogP contribution in [0, 0.1) is 0 Å². The van der Waals surface area contributed by atoms with Crippen molar-refractivity contribution in [1.82, 2.24) is 0 Å². The van der Waals surface area contributed by atoms with Gasteiger partial charge in [0.1, 0.15) is 0 Å². The fraction of sp³-hybridized carbons (Fsp3) is 0.200. The molecule has 0 aromatic heterocycles. The molecule has 2 nitrogen and oxygen atoms in total. The molecule has 3 heteroatoms. The predicted octanol–water partition coefficient (Wildman–Crippen LogP) is 4.59. The maximum absolute atomic E-state index is 6.01. The molecule has 0 radical (unpaired) electrons. The smallest absolute Gasteiger partial charge is 0.0579 e. The molecular weight excluding hydrogens is 288 g/mol. The Kier molecular flexibility index (Phi) is 4.26. The summed E-state index contributed by atoms with van der Waals surface area (Å²) in [6, 6.07) is 16.6. The molecule has 1 unspecified atom stereocenters. The van der Waals surface area contributed by atoms with Crippen LogP contribution in [0.25, 0.3) is 0 Å². The monoisotopic (exact) mass is 304 g/mol. The third-order valence-corrected chi connectivity index (χ3v) is 3.45. The Hall–Kier alpha value is -1.48. The molecule has 1 atom stereocenters. The molecule has 0 saturated heterocycles. The molecule has 3 N–H and O–H groups in total. The lowest BCUT2D eigenvalue weighted by atomic mass is 10.0. The Morgan fingerprint density at radius 2 is 1.89 bits per heavy atom. The van der Waals surface area contributed by atoms with Crippen LogP contribution in [0.3, 0.4) is 0 Å². The van der Waals surface area contributed by atoms with Gasteiger partial charge in [-0.3, -0.25) is 0 Å². The highest BCUT2D eigenvalue weighted by atomic mass is 79.9. The van der Waals surface area contributed by atoms with Gasteiger partial charge in [-0.05, 0) is 30.2 Å². The van der Waals surface area contributed by atoms with E-state index in [0.29, 0.717) is 0 Å². The van der Waals surface area contributed by atoms with Crippen LogP contribution in [-0.2, 0) is 0 Å². The zero-order valence-corrected chi connectivity index (χ0v) is 11.9. The van der Waals surface area contributed by atoms with Crippen molar-refractivity contribution in [3.63, 3.8) is 0 Å². The first kappa shape index (κ1) is 13.0. The van der Waals surface area contributed by atoms with E-state index in [1.165, 1.54) is 5.56 Å². The molecule has 0 aliphatic carbocycles. The van der Waals surface area contributed by atoms with Gasteiger partial charge in [0.2, 0.25) is 0 Å². The van der Waals surface area contributed by atoms with E-state index in [1.54, 1.807) is 0 Å². The van der Waals surface area contributed by atoms with Crippen LogP contribution in [0.4, 0.5) is 11.4 Å². The van der Waals surface area contributed by atoms with Crippen molar-refractivity contribution >= 4 is 27.3 Å². The van der Waals surface area contributed by atoms with Crippen molar-refractivity contribution in [3.05, 3.63) is 58.6 Å². The molecule has 2 aromatic carbocycles. The Morgan fingerprint density at radius 3 is 2.50 bits per heavy atom. The molecule has 2 rings (SSSR count). The summed E-state index contributed by atoms with van der Waals surface area (Å²) in [5.41, 5.74) is 9.03. The molecule has 0 fully saturated rings. The SMILES string of the molecule is CCC(Nc1ccc(Br)cc1N)c1ccccc1. The number of nitrogens with one attached hydrogen (secondary N) is 1. The quantitative estimate of drug-likeness (QED) is 0.811. The molecule has 0 amide bonds. The number of nitrogen functional groups attached to an aromatic ring is 1. The Bertz CT molecular complexity index is 511. The molecular formula is C15H17BrN2. The summed E-state index contributed by atoms with van der Waals surface area (Å²) < 4.78 is 0.998. The number of nitrogens with two attached hydrogens (primary N) is 1. The van der Waals surface area contributed by atoms with E-state index in [0.717, 1.165) is 22.3 Å². The van der Waals surface area contributed by atoms with Gasteiger partial charge in [-0.15, -0.1) is 0 Å². The van der Waals surface area contributed by atoms with Gasteiger partial charge in [0.15, 0.2) is 0 Å². The number of hydrogen-bond acceptors (Lipinski definition) is 2. The van der Waals surface area contributed by atoms with Crippen LogP contribution in [-0.4, -0.2) is 0 Å². The van der Waals surface area contributed by atoms with Crippen LogP contribution >= 0.6 is 15.9 Å². The average Bonchev–Trinajstić information content (AvgIpc) is 2.39. The number of halogens is 1. The first-order chi connectivity index (χ1) is 8.70. The first-order valence-electron chi connectivity index (χ1n) is 6.07. The zero-order chi connectivity index (χ0) is 13.0. The molecule has 0 bridgehead atoms. The van der Waals surface area contributed by atoms with Gasteiger partial charge < -0.3 is 11.1 Å². The Labute approximate surface area is 116 Å². The van der Waals surface area contributed by atoms with Gasteiger partial charge in [0, 0.05) is 4.47 Å². The van der Waals surface area contributed by atoms with Gasteiger partial charge in [-0.2, -0.15) is 0 Å². The standard InChI is InChI=1S/C15H17BrN2/c1-2-14(11-6-4-3-5-7-11)18-15-9-8-12(16)10-13(15)17/h3-10,14,18H,2,17H2,1H3. The van der Waals surface area contributed by atoms with E-state index in [-0.39, 0.29) is 6.04 Å². The second kappa shape index (κ2) is 5.91. The molecule has 94 valence electrons. The lowest BCUT2D eigenvalue weighted by Crippen LogP contribution is -2.10. The Morgan fingerprint density at radius 1 is 1.17 bits per heavy atom. The van der Waals surface area contributed by atoms with Gasteiger partial charge in [-0.1, -0.05) is 53.2 Å². The maximum atomic E-state index is 6.01. The van der Waals surface area contributed by atoms with Crippen LogP contribution in [0.5, 0.6) is 0 Å². The van der Waals surface area contributed by atoms with Gasteiger partial charge in [0.25, 0.3) is 0 Å². The topological polar surface area (TPSA) is 38.0 Å². The van der Waals surface area contributed by atoms with Crippen LogP contribution in [0.2, 0.25) is 0 Å². The van der Waals surface area contributed by atoms with Crippen molar-refractivity contribution in [3.8, 4) is 0 Å². The summed E-state index contributed by atoms with van der Waals surface area (Å²) in [7, 11) is 0. The molecule has 18 heavy (non-hydrogen) atoms. The van der Waals surface area contributed by atoms with E-state index in [2.05, 4.69) is 52.4 Å². The largest absolute Gasteiger partial charge is 0.397 e. The average molecular weight is 305 g/mol. The van der Waals surface area contributed by atoms with E-state index in [4.69, 9.17) is 5.73 Å². The predicted molar refractivity (Wildman–Crippen MR) is 81.7 cm³/mol. The molecule has 2 aromatic rings. The van der Waals surface area contributed by atoms with Crippen molar-refractivity contribution < 1.29 is 0 Å². The molecule has 0 heterocycles. The number of hydrogen-bond donors (Lipinski definition) is 2. The van der Waals surface area contributed by atoms with Crippen LogP contribution < -0.4 is 11.1 Å². The summed E-state index contributed by atoms with van der Waals surface area (Å²) >= 11 is 3.42. The maximum Gasteiger partial charge on any atom is 0.0579 e. The normalized spacial score (nSPS) is 12.1. The lowest BCUT2D eigenvalue weighted by molar-refractivity contribution is 0.750. The minimum absolute atomic E-state index is 0.287. The number of anilines is 2. The fourth-order valence-corrected chi connectivity index (χ4v) is 2.34. The number of rotatable bonds is 4. The highest BCUT2D eigenvalue weighted by molar-refractivity contribution is 9.10. The van der Waals surface area contributed by atoms with Gasteiger partial charge in [0.05, 0.1) is 17.4 Å². The highest BCUT2D eigenvalue weighted by Crippen LogP contribution is 2.28. The van der Waals surface area contributed by atoms with E-state index >= 15 is 0 Å². The lowest BCUT2D eigenvalue weighted by Gasteiger charge is -2.20. The van der Waals surface area contributed by atoms with Crippen molar-refractivity contribution in [2.24, 2.45) is 0 Å². The summed E-state index contributed by atoms with van der Waals surface area (Å²) in [6.07, 6.45) is 1.01. The molecule has 0 saturated carbocycles. The van der Waals surface area contributed by atoms with E-state index in [9.17, 15) is 0 Å². The third-order valence-electron chi connectivity index (χ3n) is 2.95. The third kappa shape index (κ3) is 3.05. The second-order valence-corrected chi connectivity index (χ2v) is 5.16. The summed E-state index contributed by atoms with van der Waals surface area (Å²) in [6.45, 7) is 2.17. The molecule has 0 aliphatic rings. The summed E-state index contributed by atoms with van der Waals surface area (Å²) in [5, 5.41) is 3.49. The first-order valence-corrected chi connectivity index (χ1v) is 6.86. The molecule has 0 spiro atoms. The zero-order valence-electron chi connectivity index (χ0n) is 10.4. The summed E-state index contributed by atoms with van der Waals surface area (Å²) in [5.74, 6) is 0. The highest BCUT2D eigenvalue weighted by Gasteiger charge is 2.10. The second-order valence-electron chi connectivity index (χ2n) is 4.25. The number of benzene rings is 2. The van der Waals surface area contributed by atoms with Crippen molar-refractivity contribution in [1.29, 1.82) is 0 Å². The summed E-state index contributed by atoms with van der Waals surface area (Å²) in [4.78, 5) is 0. The minimum Gasteiger partial charge on any atom is -0.397 e. The van der Waals surface area contributed by atoms with Crippen molar-refractivity contribution in [2.45, 2.75) is 19.4 Å². The fourth-order valence-electron chi connectivity index (χ4n) is 1.96. The van der Waals surface area contributed by atoms with Crippen LogP contribution in [0.15, 0.2) is 53.0 Å². The van der Waals surface area contributed by atoms with Crippen molar-refractivity contribution in [2.75, 3.05) is 11.1 Å². The van der Waals surface area contributed by atoms with Crippen LogP contribution in [0.1, 0.15) is 24.9 Å². The van der Waals surface area contributed by atoms with Gasteiger partial charge >= 0.3 is 0 Å². The van der Waals surface area contributed by atoms with E-state index < -0.39 is 0 Å². The molecule has 0 aliphatic heterocycles.